The van der Waals surface area contributed by atoms with Crippen LogP contribution >= 0.6 is 0 Å². The Labute approximate surface area is 171 Å². The number of hydrogen-bond acceptors (Lipinski definition) is 5. The molecule has 0 spiro atoms. The number of benzene rings is 1. The number of nitriles is 1. The van der Waals surface area contributed by atoms with E-state index in [1.54, 1.807) is 48.3 Å². The molecule has 0 unspecified atom stereocenters. The highest BCUT2D eigenvalue weighted by Gasteiger charge is 2.24. The molecule has 1 aromatic carbocycles. The number of rotatable bonds is 5. The summed E-state index contributed by atoms with van der Waals surface area (Å²) in [5, 5.41) is 11.7. The molecule has 1 N–H and O–H groups in total. The largest absolute Gasteiger partial charge is 0.350 e. The number of hydrogen-bond donors (Lipinski definition) is 1. The number of nitrogens with zero attached hydrogens (tertiary/aromatic N) is 4. The first-order valence-corrected chi connectivity index (χ1v) is 9.76. The van der Waals surface area contributed by atoms with E-state index in [-0.39, 0.29) is 24.4 Å². The minimum atomic E-state index is -0.192. The highest BCUT2D eigenvalue weighted by atomic mass is 16.2. The molecule has 1 aromatic heterocycles. The Balaban J connectivity index is 1.56. The van der Waals surface area contributed by atoms with Gasteiger partial charge in [-0.2, -0.15) is 5.26 Å². The molecule has 1 aliphatic heterocycles. The van der Waals surface area contributed by atoms with Gasteiger partial charge < -0.3 is 15.1 Å². The fraction of sp³-hybridized carbons (Fsp3) is 0.364. The van der Waals surface area contributed by atoms with Crippen molar-refractivity contribution in [1.82, 2.24) is 9.88 Å². The van der Waals surface area contributed by atoms with Crippen LogP contribution in [-0.2, 0) is 4.79 Å². The van der Waals surface area contributed by atoms with Crippen LogP contribution in [0.2, 0.25) is 0 Å². The normalized spacial score (nSPS) is 16.0. The molecular formula is C22H25N5O2. The van der Waals surface area contributed by atoms with E-state index in [1.165, 1.54) is 12.6 Å². The smallest absolute Gasteiger partial charge is 0.254 e. The van der Waals surface area contributed by atoms with E-state index in [1.807, 2.05) is 11.0 Å². The molecular weight excluding hydrogens is 366 g/mol. The number of nitrogens with one attached hydrogen (secondary N) is 1. The fourth-order valence-electron chi connectivity index (χ4n) is 3.44. The molecule has 0 bridgehead atoms. The number of anilines is 2. The van der Waals surface area contributed by atoms with Crippen molar-refractivity contribution in [2.75, 3.05) is 30.4 Å². The summed E-state index contributed by atoms with van der Waals surface area (Å²) in [4.78, 5) is 32.8. The van der Waals surface area contributed by atoms with Crippen LogP contribution in [0.3, 0.4) is 0 Å². The summed E-state index contributed by atoms with van der Waals surface area (Å²) in [6.07, 6.45) is 4.73. The van der Waals surface area contributed by atoms with Gasteiger partial charge in [-0.1, -0.05) is 0 Å². The topological polar surface area (TPSA) is 89.3 Å². The predicted octanol–water partition coefficient (Wildman–Crippen LogP) is 3.04. The Morgan fingerprint density at radius 1 is 1.24 bits per heavy atom. The number of aromatic nitrogens is 1. The molecule has 1 saturated heterocycles. The van der Waals surface area contributed by atoms with Gasteiger partial charge in [0.15, 0.2) is 0 Å². The lowest BCUT2D eigenvalue weighted by Crippen LogP contribution is -2.42. The van der Waals surface area contributed by atoms with E-state index < -0.39 is 0 Å². The molecule has 0 radical (unpaired) electrons. The maximum absolute atomic E-state index is 12.7. The molecule has 0 aliphatic carbocycles. The number of amides is 2. The van der Waals surface area contributed by atoms with Crippen molar-refractivity contribution in [3.8, 4) is 6.07 Å². The number of likely N-dealkylation sites (N-methyl/N-ethyl adjacent to an activating group) is 1. The number of pyridine rings is 1. The maximum atomic E-state index is 12.7. The zero-order valence-corrected chi connectivity index (χ0v) is 16.8. The summed E-state index contributed by atoms with van der Waals surface area (Å²) in [6, 6.07) is 12.7. The third kappa shape index (κ3) is 5.11. The monoisotopic (exact) mass is 391 g/mol. The number of carbonyl (C=O) groups is 2. The highest BCUT2D eigenvalue weighted by molar-refractivity contribution is 5.97. The van der Waals surface area contributed by atoms with E-state index in [9.17, 15) is 9.59 Å². The zero-order chi connectivity index (χ0) is 20.8. The van der Waals surface area contributed by atoms with Gasteiger partial charge >= 0.3 is 0 Å². The van der Waals surface area contributed by atoms with Gasteiger partial charge in [-0.25, -0.2) is 4.98 Å². The Bertz CT molecular complexity index is 902. The number of carbonyl (C=O) groups excluding carboxylic acids is 2. The molecule has 7 heteroatoms. The summed E-state index contributed by atoms with van der Waals surface area (Å²) >= 11 is 0. The Morgan fingerprint density at radius 3 is 2.62 bits per heavy atom. The molecule has 0 saturated carbocycles. The molecule has 2 amide bonds. The van der Waals surface area contributed by atoms with Crippen LogP contribution in [0.15, 0.2) is 42.6 Å². The summed E-state index contributed by atoms with van der Waals surface area (Å²) in [5.41, 5.74) is 1.75. The van der Waals surface area contributed by atoms with Crippen LogP contribution in [0.25, 0.3) is 0 Å². The van der Waals surface area contributed by atoms with E-state index in [4.69, 9.17) is 5.26 Å². The molecule has 7 nitrogen and oxygen atoms in total. The van der Waals surface area contributed by atoms with Crippen LogP contribution in [0.5, 0.6) is 0 Å². The molecule has 150 valence electrons. The van der Waals surface area contributed by atoms with Gasteiger partial charge in [-0.15, -0.1) is 0 Å². The molecule has 2 heterocycles. The van der Waals surface area contributed by atoms with Gasteiger partial charge in [-0.05, 0) is 62.6 Å². The third-order valence-corrected chi connectivity index (χ3v) is 5.13. The maximum Gasteiger partial charge on any atom is 0.254 e. The highest BCUT2D eigenvalue weighted by Crippen LogP contribution is 2.20. The van der Waals surface area contributed by atoms with Gasteiger partial charge in [0.25, 0.3) is 5.91 Å². The van der Waals surface area contributed by atoms with E-state index >= 15 is 0 Å². The fourth-order valence-corrected chi connectivity index (χ4v) is 3.44. The second-order valence-electron chi connectivity index (χ2n) is 7.34. The van der Waals surface area contributed by atoms with E-state index in [0.717, 1.165) is 19.4 Å². The second kappa shape index (κ2) is 9.20. The summed E-state index contributed by atoms with van der Waals surface area (Å²) in [6.45, 7) is 3.00. The summed E-state index contributed by atoms with van der Waals surface area (Å²) in [5.74, 6) is 0.458. The lowest BCUT2D eigenvalue weighted by atomic mass is 10.0. The van der Waals surface area contributed by atoms with Crippen LogP contribution in [0.1, 0.15) is 42.1 Å². The number of likely N-dealkylation sites (tertiary alicyclic amines) is 1. The molecule has 1 aliphatic rings. The van der Waals surface area contributed by atoms with Crippen LogP contribution in [-0.4, -0.2) is 47.9 Å². The first-order chi connectivity index (χ1) is 14.0. The average Bonchev–Trinajstić information content (AvgIpc) is 2.74. The van der Waals surface area contributed by atoms with Gasteiger partial charge in [0.05, 0.1) is 12.1 Å². The van der Waals surface area contributed by atoms with Crippen LogP contribution in [0, 0.1) is 11.3 Å². The second-order valence-corrected chi connectivity index (χ2v) is 7.34. The SMILES string of the molecule is C[C@@H]1CCCCN1C(=O)c1ccc(NC(=O)CN(C)c2ccc(C#N)cn2)cc1. The van der Waals surface area contributed by atoms with E-state index in [2.05, 4.69) is 17.2 Å². The minimum absolute atomic E-state index is 0.0432. The van der Waals surface area contributed by atoms with Crippen molar-refractivity contribution in [1.29, 1.82) is 5.26 Å². The van der Waals surface area contributed by atoms with Gasteiger partial charge in [0, 0.05) is 37.1 Å². The molecule has 3 rings (SSSR count). The van der Waals surface area contributed by atoms with Crippen molar-refractivity contribution in [3.63, 3.8) is 0 Å². The van der Waals surface area contributed by atoms with Gasteiger partial charge in [-0.3, -0.25) is 9.59 Å². The Hall–Kier alpha value is -3.40. The molecule has 1 atom stereocenters. The Morgan fingerprint density at radius 2 is 2.00 bits per heavy atom. The lowest BCUT2D eigenvalue weighted by Gasteiger charge is -2.33. The van der Waals surface area contributed by atoms with Crippen molar-refractivity contribution < 1.29 is 9.59 Å². The molecule has 2 aromatic rings. The van der Waals surface area contributed by atoms with Crippen molar-refractivity contribution >= 4 is 23.3 Å². The van der Waals surface area contributed by atoms with E-state index in [0.29, 0.717) is 22.6 Å². The summed E-state index contributed by atoms with van der Waals surface area (Å²) in [7, 11) is 1.76. The summed E-state index contributed by atoms with van der Waals surface area (Å²) < 4.78 is 0. The Kier molecular flexibility index (Phi) is 6.45. The lowest BCUT2D eigenvalue weighted by molar-refractivity contribution is -0.114. The first kappa shape index (κ1) is 20.3. The molecule has 1 fully saturated rings. The zero-order valence-electron chi connectivity index (χ0n) is 16.8. The standard InChI is InChI=1S/C22H25N5O2/c1-16-5-3-4-12-27(16)22(29)18-7-9-19(10-8-18)25-21(28)15-26(2)20-11-6-17(13-23)14-24-20/h6-11,14,16H,3-5,12,15H2,1-2H3,(H,25,28)/t16-/m1/s1. The third-order valence-electron chi connectivity index (χ3n) is 5.13. The quantitative estimate of drug-likeness (QED) is 0.846. The van der Waals surface area contributed by atoms with Crippen LogP contribution < -0.4 is 10.2 Å². The number of piperidine rings is 1. The van der Waals surface area contributed by atoms with Crippen molar-refractivity contribution in [2.24, 2.45) is 0 Å². The first-order valence-electron chi connectivity index (χ1n) is 9.76. The van der Waals surface area contributed by atoms with Crippen molar-refractivity contribution in [3.05, 3.63) is 53.7 Å². The van der Waals surface area contributed by atoms with Crippen molar-refractivity contribution in [2.45, 2.75) is 32.2 Å². The minimum Gasteiger partial charge on any atom is -0.350 e. The van der Waals surface area contributed by atoms with Gasteiger partial charge in [0.1, 0.15) is 11.9 Å². The van der Waals surface area contributed by atoms with Gasteiger partial charge in [0.2, 0.25) is 5.91 Å². The van der Waals surface area contributed by atoms with Crippen LogP contribution in [0.4, 0.5) is 11.5 Å². The predicted molar refractivity (Wildman–Crippen MR) is 112 cm³/mol. The average molecular weight is 391 g/mol. The molecule has 29 heavy (non-hydrogen) atoms.